The minimum Gasteiger partial charge on any atom is -0.368 e. The van der Waals surface area contributed by atoms with Crippen LogP contribution in [0, 0.1) is 34.6 Å². The molecule has 0 saturated heterocycles. The molecule has 1 aromatic heterocycles. The topological polar surface area (TPSA) is 51.8 Å². The molecule has 0 spiro atoms. The van der Waals surface area contributed by atoms with Crippen LogP contribution in [0.25, 0.3) is 11.3 Å². The number of rotatable bonds is 1. The van der Waals surface area contributed by atoms with Crippen molar-refractivity contribution in [1.29, 1.82) is 0 Å². The van der Waals surface area contributed by atoms with Gasteiger partial charge < -0.3 is 5.73 Å². The lowest BCUT2D eigenvalue weighted by Gasteiger charge is -2.15. The predicted octanol–water partition coefficient (Wildman–Crippen LogP) is 3.27. The highest BCUT2D eigenvalue weighted by Crippen LogP contribution is 2.30. The third kappa shape index (κ3) is 2.08. The summed E-state index contributed by atoms with van der Waals surface area (Å²) in [4.78, 5) is 8.51. The lowest BCUT2D eigenvalue weighted by atomic mass is 9.92. The smallest absolute Gasteiger partial charge is 0.220 e. The molecule has 0 amide bonds. The maximum absolute atomic E-state index is 5.75. The van der Waals surface area contributed by atoms with Gasteiger partial charge in [-0.3, -0.25) is 0 Å². The van der Waals surface area contributed by atoms with Crippen molar-refractivity contribution in [1.82, 2.24) is 9.97 Å². The lowest BCUT2D eigenvalue weighted by Crippen LogP contribution is -2.02. The van der Waals surface area contributed by atoms with E-state index < -0.39 is 0 Å². The van der Waals surface area contributed by atoms with Crippen LogP contribution in [0.3, 0.4) is 0 Å². The fourth-order valence-electron chi connectivity index (χ4n) is 2.32. The van der Waals surface area contributed by atoms with Crippen molar-refractivity contribution < 1.29 is 0 Å². The number of nitrogens with zero attached hydrogens (tertiary/aromatic N) is 2. The van der Waals surface area contributed by atoms with E-state index in [9.17, 15) is 0 Å². The highest BCUT2D eigenvalue weighted by Gasteiger charge is 2.12. The van der Waals surface area contributed by atoms with Crippen molar-refractivity contribution in [2.24, 2.45) is 0 Å². The molecule has 1 aromatic carbocycles. The number of anilines is 1. The molecule has 0 bridgehead atoms. The van der Waals surface area contributed by atoms with E-state index in [-0.39, 0.29) is 0 Å². The Labute approximate surface area is 108 Å². The number of nitrogens with two attached hydrogens (primary N) is 1. The van der Waals surface area contributed by atoms with Crippen molar-refractivity contribution >= 4 is 5.95 Å². The van der Waals surface area contributed by atoms with Gasteiger partial charge in [-0.2, -0.15) is 0 Å². The van der Waals surface area contributed by atoms with E-state index >= 15 is 0 Å². The highest BCUT2D eigenvalue weighted by atomic mass is 15.0. The summed E-state index contributed by atoms with van der Waals surface area (Å²) in [5.74, 6) is 0.336. The molecule has 2 aromatic rings. The average Bonchev–Trinajstić information content (AvgIpc) is 2.25. The number of hydrogen-bond acceptors (Lipinski definition) is 3. The first-order chi connectivity index (χ1) is 8.40. The van der Waals surface area contributed by atoms with Crippen molar-refractivity contribution in [3.63, 3.8) is 0 Å². The van der Waals surface area contributed by atoms with Crippen LogP contribution in [0.1, 0.15) is 27.9 Å². The highest BCUT2D eigenvalue weighted by molar-refractivity contribution is 5.71. The number of hydrogen-bond donors (Lipinski definition) is 1. The zero-order chi connectivity index (χ0) is 13.4. The molecule has 0 fully saturated rings. The SMILES string of the molecule is Cc1cc(-c2c(C)c(C)cc(C)c2C)nc(N)n1. The maximum atomic E-state index is 5.75. The average molecular weight is 241 g/mol. The molecule has 3 heteroatoms. The molecule has 0 aliphatic rings. The van der Waals surface area contributed by atoms with Gasteiger partial charge in [-0.05, 0) is 62.9 Å². The van der Waals surface area contributed by atoms with E-state index in [0.717, 1.165) is 11.4 Å². The fraction of sp³-hybridized carbons (Fsp3) is 0.333. The van der Waals surface area contributed by atoms with Gasteiger partial charge in [0.25, 0.3) is 0 Å². The molecule has 2 N–H and O–H groups in total. The van der Waals surface area contributed by atoms with E-state index in [1.165, 1.54) is 27.8 Å². The summed E-state index contributed by atoms with van der Waals surface area (Å²) in [7, 11) is 0. The monoisotopic (exact) mass is 241 g/mol. The zero-order valence-corrected chi connectivity index (χ0v) is 11.6. The zero-order valence-electron chi connectivity index (χ0n) is 11.6. The van der Waals surface area contributed by atoms with Gasteiger partial charge in [-0.1, -0.05) is 6.07 Å². The van der Waals surface area contributed by atoms with Gasteiger partial charge in [0.1, 0.15) is 0 Å². The second kappa shape index (κ2) is 4.41. The third-order valence-electron chi connectivity index (χ3n) is 3.49. The van der Waals surface area contributed by atoms with Crippen LogP contribution in [0.2, 0.25) is 0 Å². The summed E-state index contributed by atoms with van der Waals surface area (Å²) in [5.41, 5.74) is 13.8. The van der Waals surface area contributed by atoms with Crippen molar-refractivity contribution in [2.75, 3.05) is 5.73 Å². The normalized spacial score (nSPS) is 10.7. The van der Waals surface area contributed by atoms with E-state index in [0.29, 0.717) is 5.95 Å². The molecule has 0 atom stereocenters. The Balaban J connectivity index is 2.78. The minimum atomic E-state index is 0.336. The molecule has 0 unspecified atom stereocenters. The first-order valence-electron chi connectivity index (χ1n) is 6.09. The maximum Gasteiger partial charge on any atom is 0.220 e. The number of aryl methyl sites for hydroxylation is 3. The number of nitrogen functional groups attached to an aromatic ring is 1. The molecular weight excluding hydrogens is 222 g/mol. The Morgan fingerprint density at radius 1 is 0.833 bits per heavy atom. The minimum absolute atomic E-state index is 0.336. The van der Waals surface area contributed by atoms with Crippen LogP contribution in [0.5, 0.6) is 0 Å². The van der Waals surface area contributed by atoms with Gasteiger partial charge in [0.2, 0.25) is 5.95 Å². The van der Waals surface area contributed by atoms with Crippen molar-refractivity contribution in [3.05, 3.63) is 40.1 Å². The third-order valence-corrected chi connectivity index (χ3v) is 3.49. The second-order valence-corrected chi connectivity index (χ2v) is 4.89. The molecule has 94 valence electrons. The molecule has 0 radical (unpaired) electrons. The van der Waals surface area contributed by atoms with E-state index in [1.807, 2.05) is 13.0 Å². The molecule has 0 saturated carbocycles. The summed E-state index contributed by atoms with van der Waals surface area (Å²) in [6, 6.07) is 4.20. The molecule has 3 nitrogen and oxygen atoms in total. The largest absolute Gasteiger partial charge is 0.368 e. The van der Waals surface area contributed by atoms with Gasteiger partial charge in [0.05, 0.1) is 5.69 Å². The van der Waals surface area contributed by atoms with Crippen molar-refractivity contribution in [2.45, 2.75) is 34.6 Å². The summed E-state index contributed by atoms with van der Waals surface area (Å²) in [6.45, 7) is 10.5. The van der Waals surface area contributed by atoms with Gasteiger partial charge in [0.15, 0.2) is 0 Å². The van der Waals surface area contributed by atoms with Crippen LogP contribution in [0.4, 0.5) is 5.95 Å². The Bertz CT molecular complexity index is 569. The Morgan fingerprint density at radius 2 is 1.39 bits per heavy atom. The number of aromatic nitrogens is 2. The molecule has 2 rings (SSSR count). The van der Waals surface area contributed by atoms with Crippen LogP contribution < -0.4 is 5.73 Å². The standard InChI is InChI=1S/C15H19N3/c1-8-6-9(2)12(5)14(11(8)4)13-7-10(3)17-15(16)18-13/h6-7H,1-5H3,(H2,16,17,18). The van der Waals surface area contributed by atoms with Gasteiger partial charge >= 0.3 is 0 Å². The van der Waals surface area contributed by atoms with Crippen LogP contribution in [-0.4, -0.2) is 9.97 Å². The summed E-state index contributed by atoms with van der Waals surface area (Å²) in [5, 5.41) is 0. The molecule has 18 heavy (non-hydrogen) atoms. The van der Waals surface area contributed by atoms with E-state index in [1.54, 1.807) is 0 Å². The van der Waals surface area contributed by atoms with Gasteiger partial charge in [0, 0.05) is 11.3 Å². The Hall–Kier alpha value is -1.90. The second-order valence-electron chi connectivity index (χ2n) is 4.89. The Kier molecular flexibility index (Phi) is 3.07. The van der Waals surface area contributed by atoms with Crippen LogP contribution in [-0.2, 0) is 0 Å². The first kappa shape index (κ1) is 12.6. The fourth-order valence-corrected chi connectivity index (χ4v) is 2.32. The summed E-state index contributed by atoms with van der Waals surface area (Å²) >= 11 is 0. The summed E-state index contributed by atoms with van der Waals surface area (Å²) < 4.78 is 0. The molecule has 0 aliphatic carbocycles. The van der Waals surface area contributed by atoms with E-state index in [2.05, 4.69) is 43.7 Å². The van der Waals surface area contributed by atoms with E-state index in [4.69, 9.17) is 5.73 Å². The van der Waals surface area contributed by atoms with Crippen molar-refractivity contribution in [3.8, 4) is 11.3 Å². The van der Waals surface area contributed by atoms with Crippen LogP contribution in [0.15, 0.2) is 12.1 Å². The van der Waals surface area contributed by atoms with Gasteiger partial charge in [-0.25, -0.2) is 9.97 Å². The quantitative estimate of drug-likeness (QED) is 0.833. The van der Waals surface area contributed by atoms with Crippen LogP contribution >= 0.6 is 0 Å². The molecular formula is C15H19N3. The van der Waals surface area contributed by atoms with Gasteiger partial charge in [-0.15, -0.1) is 0 Å². The predicted molar refractivity (Wildman–Crippen MR) is 75.6 cm³/mol. The number of benzene rings is 1. The Morgan fingerprint density at radius 3 is 1.89 bits per heavy atom. The first-order valence-corrected chi connectivity index (χ1v) is 6.09. The summed E-state index contributed by atoms with van der Waals surface area (Å²) in [6.07, 6.45) is 0. The molecule has 0 aliphatic heterocycles. The lowest BCUT2D eigenvalue weighted by molar-refractivity contribution is 1.11. The molecule has 1 heterocycles.